The van der Waals surface area contributed by atoms with E-state index in [2.05, 4.69) is 81.4 Å². The fourth-order valence-electron chi connectivity index (χ4n) is 3.92. The SMILES string of the molecule is CCCCCc1ccc(-c2ccc(C(=O)Cc3ccc(CC(C)CC)cc3)cc2)cc1. The van der Waals surface area contributed by atoms with E-state index in [1.807, 2.05) is 12.1 Å². The minimum Gasteiger partial charge on any atom is -0.294 e. The predicted molar refractivity (Wildman–Crippen MR) is 133 cm³/mol. The van der Waals surface area contributed by atoms with Gasteiger partial charge in [0, 0.05) is 12.0 Å². The minimum atomic E-state index is 0.174. The molecule has 1 nitrogen and oxygen atoms in total. The fourth-order valence-corrected chi connectivity index (χ4v) is 3.92. The lowest BCUT2D eigenvalue weighted by Crippen LogP contribution is -2.04. The summed E-state index contributed by atoms with van der Waals surface area (Å²) in [5.74, 6) is 0.871. The van der Waals surface area contributed by atoms with Crippen LogP contribution in [0.5, 0.6) is 0 Å². The number of unbranched alkanes of at least 4 members (excludes halogenated alkanes) is 2. The van der Waals surface area contributed by atoms with Crippen molar-refractivity contribution in [3.63, 3.8) is 0 Å². The van der Waals surface area contributed by atoms with Gasteiger partial charge in [-0.3, -0.25) is 4.79 Å². The van der Waals surface area contributed by atoms with Crippen LogP contribution in [0.3, 0.4) is 0 Å². The molecule has 0 amide bonds. The van der Waals surface area contributed by atoms with Crippen molar-refractivity contribution >= 4 is 5.78 Å². The topological polar surface area (TPSA) is 17.1 Å². The second-order valence-electron chi connectivity index (χ2n) is 8.87. The Balaban J connectivity index is 1.58. The van der Waals surface area contributed by atoms with Crippen molar-refractivity contribution < 1.29 is 4.79 Å². The van der Waals surface area contributed by atoms with Gasteiger partial charge in [0.2, 0.25) is 0 Å². The summed E-state index contributed by atoms with van der Waals surface area (Å²) >= 11 is 0. The Labute approximate surface area is 188 Å². The molecule has 0 aliphatic heterocycles. The molecule has 0 bridgehead atoms. The smallest absolute Gasteiger partial charge is 0.167 e. The van der Waals surface area contributed by atoms with E-state index in [0.29, 0.717) is 12.3 Å². The van der Waals surface area contributed by atoms with Crippen LogP contribution < -0.4 is 0 Å². The minimum absolute atomic E-state index is 0.174. The first-order chi connectivity index (χ1) is 15.1. The van der Waals surface area contributed by atoms with Gasteiger partial charge in [-0.25, -0.2) is 0 Å². The van der Waals surface area contributed by atoms with Gasteiger partial charge in [0.25, 0.3) is 0 Å². The molecule has 3 rings (SSSR count). The number of aryl methyl sites for hydroxylation is 1. The van der Waals surface area contributed by atoms with E-state index in [0.717, 1.165) is 29.5 Å². The maximum atomic E-state index is 12.7. The third kappa shape index (κ3) is 6.92. The van der Waals surface area contributed by atoms with Gasteiger partial charge in [-0.2, -0.15) is 0 Å². The van der Waals surface area contributed by atoms with Gasteiger partial charge in [0.05, 0.1) is 0 Å². The van der Waals surface area contributed by atoms with Crippen LogP contribution in [-0.2, 0) is 19.3 Å². The lowest BCUT2D eigenvalue weighted by molar-refractivity contribution is 0.0993. The first-order valence-electron chi connectivity index (χ1n) is 11.9. The zero-order valence-electron chi connectivity index (χ0n) is 19.4. The van der Waals surface area contributed by atoms with Gasteiger partial charge in [-0.1, -0.05) is 113 Å². The molecule has 0 fully saturated rings. The first kappa shape index (κ1) is 23.0. The molecule has 3 aromatic carbocycles. The van der Waals surface area contributed by atoms with Crippen LogP contribution in [0.1, 0.15) is 73.5 Å². The summed E-state index contributed by atoms with van der Waals surface area (Å²) in [5, 5.41) is 0. The van der Waals surface area contributed by atoms with Gasteiger partial charge in [0.1, 0.15) is 0 Å². The molecule has 0 saturated carbocycles. The van der Waals surface area contributed by atoms with Crippen molar-refractivity contribution in [2.75, 3.05) is 0 Å². The summed E-state index contributed by atoms with van der Waals surface area (Å²) < 4.78 is 0. The monoisotopic (exact) mass is 412 g/mol. The second kappa shape index (κ2) is 11.6. The average Bonchev–Trinajstić information content (AvgIpc) is 2.81. The van der Waals surface area contributed by atoms with Crippen molar-refractivity contribution in [2.24, 2.45) is 5.92 Å². The van der Waals surface area contributed by atoms with Gasteiger partial charge in [-0.05, 0) is 53.0 Å². The summed E-state index contributed by atoms with van der Waals surface area (Å²) in [6.07, 6.45) is 7.71. The Hall–Kier alpha value is -2.67. The maximum absolute atomic E-state index is 12.7. The van der Waals surface area contributed by atoms with Crippen molar-refractivity contribution in [1.29, 1.82) is 0 Å². The number of benzene rings is 3. The quantitative estimate of drug-likeness (QED) is 0.230. The molecule has 0 radical (unpaired) electrons. The van der Waals surface area contributed by atoms with E-state index in [1.54, 1.807) is 0 Å². The van der Waals surface area contributed by atoms with Crippen LogP contribution >= 0.6 is 0 Å². The molecule has 0 N–H and O–H groups in total. The lowest BCUT2D eigenvalue weighted by atomic mass is 9.96. The molecule has 31 heavy (non-hydrogen) atoms. The number of carbonyl (C=O) groups excluding carboxylic acids is 1. The summed E-state index contributed by atoms with van der Waals surface area (Å²) in [7, 11) is 0. The van der Waals surface area contributed by atoms with E-state index in [-0.39, 0.29) is 5.78 Å². The Morgan fingerprint density at radius 1 is 0.710 bits per heavy atom. The molecular weight excluding hydrogens is 376 g/mol. The highest BCUT2D eigenvalue weighted by Crippen LogP contribution is 2.22. The van der Waals surface area contributed by atoms with Crippen LogP contribution in [0, 0.1) is 5.92 Å². The van der Waals surface area contributed by atoms with Crippen LogP contribution in [0.25, 0.3) is 11.1 Å². The molecule has 0 heterocycles. The molecule has 0 saturated heterocycles. The standard InChI is InChI=1S/C30H36O/c1-4-6-7-8-24-13-15-27(16-14-24)28-17-19-29(20-18-28)30(31)22-26-11-9-25(10-12-26)21-23(3)5-2/h9-20,23H,4-8,21-22H2,1-3H3. The summed E-state index contributed by atoms with van der Waals surface area (Å²) in [6, 6.07) is 25.4. The Bertz CT molecular complexity index is 933. The second-order valence-corrected chi connectivity index (χ2v) is 8.87. The fraction of sp³-hybridized carbons (Fsp3) is 0.367. The lowest BCUT2D eigenvalue weighted by Gasteiger charge is -2.09. The van der Waals surface area contributed by atoms with Crippen molar-refractivity contribution in [3.8, 4) is 11.1 Å². The summed E-state index contributed by atoms with van der Waals surface area (Å²) in [5.41, 5.74) is 6.98. The van der Waals surface area contributed by atoms with Gasteiger partial charge in [-0.15, -0.1) is 0 Å². The highest BCUT2D eigenvalue weighted by molar-refractivity contribution is 5.97. The van der Waals surface area contributed by atoms with Gasteiger partial charge < -0.3 is 0 Å². The molecule has 3 aromatic rings. The van der Waals surface area contributed by atoms with E-state index in [4.69, 9.17) is 0 Å². The molecule has 162 valence electrons. The molecule has 0 spiro atoms. The Morgan fingerprint density at radius 2 is 1.26 bits per heavy atom. The van der Waals surface area contributed by atoms with Crippen molar-refractivity contribution in [1.82, 2.24) is 0 Å². The van der Waals surface area contributed by atoms with E-state index in [9.17, 15) is 4.79 Å². The highest BCUT2D eigenvalue weighted by Gasteiger charge is 2.09. The van der Waals surface area contributed by atoms with Crippen LogP contribution in [0.4, 0.5) is 0 Å². The number of rotatable bonds is 11. The van der Waals surface area contributed by atoms with Crippen molar-refractivity contribution in [2.45, 2.75) is 65.7 Å². The van der Waals surface area contributed by atoms with Crippen molar-refractivity contribution in [3.05, 3.63) is 95.1 Å². The third-order valence-electron chi connectivity index (χ3n) is 6.23. The molecule has 1 heteroatoms. The average molecular weight is 413 g/mol. The molecule has 0 aliphatic rings. The largest absolute Gasteiger partial charge is 0.294 e. The molecule has 0 aliphatic carbocycles. The molecular formula is C30H36O. The summed E-state index contributed by atoms with van der Waals surface area (Å²) in [4.78, 5) is 12.7. The normalized spacial score (nSPS) is 12.0. The van der Waals surface area contributed by atoms with E-state index < -0.39 is 0 Å². The van der Waals surface area contributed by atoms with Crippen LogP contribution in [-0.4, -0.2) is 5.78 Å². The Kier molecular flexibility index (Phi) is 8.64. The molecule has 0 aromatic heterocycles. The number of hydrogen-bond donors (Lipinski definition) is 0. The van der Waals surface area contributed by atoms with E-state index >= 15 is 0 Å². The maximum Gasteiger partial charge on any atom is 0.167 e. The summed E-state index contributed by atoms with van der Waals surface area (Å²) in [6.45, 7) is 6.75. The molecule has 1 unspecified atom stereocenters. The van der Waals surface area contributed by atoms with Gasteiger partial charge in [0.15, 0.2) is 5.78 Å². The van der Waals surface area contributed by atoms with Crippen LogP contribution in [0.2, 0.25) is 0 Å². The van der Waals surface area contributed by atoms with Crippen LogP contribution in [0.15, 0.2) is 72.8 Å². The number of Topliss-reactive ketones (excluding diaryl/α,β-unsaturated/α-hetero) is 1. The number of hydrogen-bond acceptors (Lipinski definition) is 1. The Morgan fingerprint density at radius 3 is 1.84 bits per heavy atom. The number of carbonyl (C=O) groups is 1. The highest BCUT2D eigenvalue weighted by atomic mass is 16.1. The number of ketones is 1. The predicted octanol–water partition coefficient (Wildman–Crippen LogP) is 8.10. The van der Waals surface area contributed by atoms with E-state index in [1.165, 1.54) is 42.4 Å². The molecule has 1 atom stereocenters. The third-order valence-corrected chi connectivity index (χ3v) is 6.23. The first-order valence-corrected chi connectivity index (χ1v) is 11.9. The van der Waals surface area contributed by atoms with Gasteiger partial charge >= 0.3 is 0 Å². The zero-order chi connectivity index (χ0) is 22.1. The zero-order valence-corrected chi connectivity index (χ0v) is 19.4.